The van der Waals surface area contributed by atoms with Gasteiger partial charge in [-0.1, -0.05) is 24.3 Å². The van der Waals surface area contributed by atoms with Crippen LogP contribution in [-0.4, -0.2) is 37.5 Å². The molecule has 0 aromatic heterocycles. The van der Waals surface area contributed by atoms with Gasteiger partial charge in [-0.3, -0.25) is 4.99 Å². The fourth-order valence-electron chi connectivity index (χ4n) is 2.85. The van der Waals surface area contributed by atoms with Crippen LogP contribution in [0.1, 0.15) is 31.8 Å². The van der Waals surface area contributed by atoms with Crippen LogP contribution in [0.3, 0.4) is 0 Å². The van der Waals surface area contributed by atoms with E-state index >= 15 is 0 Å². The number of rotatable bonds is 8. The summed E-state index contributed by atoms with van der Waals surface area (Å²) in [6, 6.07) is 18.8. The molecule has 0 fully saturated rings. The lowest BCUT2D eigenvalue weighted by atomic mass is 10.1. The fraction of sp³-hybridized carbons (Fsp3) is 0.125. The number of carboxylic acid groups (broad SMARTS) is 1. The molecule has 0 saturated carbocycles. The van der Waals surface area contributed by atoms with Gasteiger partial charge in [0.15, 0.2) is 11.5 Å². The van der Waals surface area contributed by atoms with Gasteiger partial charge in [0.25, 0.3) is 0 Å². The smallest absolute Gasteiger partial charge is 0.340 e. The first-order chi connectivity index (χ1) is 15.0. The number of carboxylic acids is 1. The normalized spacial score (nSPS) is 10.6. The van der Waals surface area contributed by atoms with Gasteiger partial charge in [-0.15, -0.1) is 0 Å². The molecular formula is C24H21NO6. The van der Waals surface area contributed by atoms with Crippen LogP contribution in [0.4, 0.5) is 5.69 Å². The average molecular weight is 419 g/mol. The second-order valence-electron chi connectivity index (χ2n) is 6.47. The average Bonchev–Trinajstić information content (AvgIpc) is 2.81. The molecule has 0 unspecified atom stereocenters. The lowest BCUT2D eigenvalue weighted by Crippen LogP contribution is -2.01. The van der Waals surface area contributed by atoms with Gasteiger partial charge in [-0.05, 0) is 53.6 Å². The van der Waals surface area contributed by atoms with E-state index < -0.39 is 11.9 Å². The highest BCUT2D eigenvalue weighted by atomic mass is 16.5. The van der Waals surface area contributed by atoms with E-state index in [4.69, 9.17) is 19.3 Å². The molecular weight excluding hydrogens is 398 g/mol. The summed E-state index contributed by atoms with van der Waals surface area (Å²) in [5.41, 5.74) is 2.54. The van der Waals surface area contributed by atoms with Crippen molar-refractivity contribution in [3.8, 4) is 11.5 Å². The van der Waals surface area contributed by atoms with Gasteiger partial charge >= 0.3 is 11.9 Å². The van der Waals surface area contributed by atoms with Crippen LogP contribution >= 0.6 is 0 Å². The molecule has 0 saturated heterocycles. The Labute approximate surface area is 179 Å². The van der Waals surface area contributed by atoms with E-state index in [0.717, 1.165) is 11.1 Å². The van der Waals surface area contributed by atoms with Gasteiger partial charge in [-0.25, -0.2) is 9.59 Å². The predicted molar refractivity (Wildman–Crippen MR) is 116 cm³/mol. The fourth-order valence-corrected chi connectivity index (χ4v) is 2.85. The molecule has 0 spiro atoms. The van der Waals surface area contributed by atoms with Crippen molar-refractivity contribution in [1.82, 2.24) is 0 Å². The van der Waals surface area contributed by atoms with Crippen molar-refractivity contribution in [2.45, 2.75) is 6.61 Å². The summed E-state index contributed by atoms with van der Waals surface area (Å²) in [4.78, 5) is 27.4. The number of hydrogen-bond donors (Lipinski definition) is 1. The third-order valence-corrected chi connectivity index (χ3v) is 4.42. The van der Waals surface area contributed by atoms with Gasteiger partial charge in [0.2, 0.25) is 0 Å². The van der Waals surface area contributed by atoms with E-state index in [1.165, 1.54) is 20.3 Å². The number of para-hydroxylation sites is 1. The molecule has 7 heteroatoms. The van der Waals surface area contributed by atoms with Crippen molar-refractivity contribution in [2.24, 2.45) is 4.99 Å². The summed E-state index contributed by atoms with van der Waals surface area (Å²) in [5.74, 6) is -0.437. The maximum atomic E-state index is 11.9. The van der Waals surface area contributed by atoms with E-state index in [2.05, 4.69) is 4.99 Å². The third-order valence-electron chi connectivity index (χ3n) is 4.42. The summed E-state index contributed by atoms with van der Waals surface area (Å²) in [6.45, 7) is 0.192. The second-order valence-corrected chi connectivity index (χ2v) is 6.47. The Morgan fingerprint density at radius 3 is 2.52 bits per heavy atom. The van der Waals surface area contributed by atoms with Crippen molar-refractivity contribution in [2.75, 3.05) is 14.2 Å². The standard InChI is InChI=1S/C24H21NO6/c1-29-22-13-16(14-25-20-9-4-3-8-19(20)24(28)30-2)10-11-21(22)31-15-17-6-5-7-18(12-17)23(26)27/h3-14H,15H2,1-2H3,(H,26,27). The molecule has 3 aromatic rings. The molecule has 3 aromatic carbocycles. The van der Waals surface area contributed by atoms with Gasteiger partial charge in [0, 0.05) is 6.21 Å². The molecule has 0 amide bonds. The van der Waals surface area contributed by atoms with Crippen LogP contribution in [-0.2, 0) is 11.3 Å². The topological polar surface area (TPSA) is 94.4 Å². The molecule has 1 N–H and O–H groups in total. The number of esters is 1. The van der Waals surface area contributed by atoms with Crippen LogP contribution in [0.25, 0.3) is 0 Å². The summed E-state index contributed by atoms with van der Waals surface area (Å²) >= 11 is 0. The number of methoxy groups -OCH3 is 2. The van der Waals surface area contributed by atoms with Crippen LogP contribution in [0.2, 0.25) is 0 Å². The first-order valence-electron chi connectivity index (χ1n) is 9.36. The zero-order valence-electron chi connectivity index (χ0n) is 17.1. The zero-order valence-corrected chi connectivity index (χ0v) is 17.1. The van der Waals surface area contributed by atoms with E-state index in [1.54, 1.807) is 66.9 Å². The summed E-state index contributed by atoms with van der Waals surface area (Å²) in [5, 5.41) is 9.10. The Kier molecular flexibility index (Phi) is 7.01. The van der Waals surface area contributed by atoms with Crippen LogP contribution in [0, 0.1) is 0 Å². The molecule has 0 bridgehead atoms. The van der Waals surface area contributed by atoms with Crippen LogP contribution < -0.4 is 9.47 Å². The van der Waals surface area contributed by atoms with Crippen molar-refractivity contribution >= 4 is 23.8 Å². The van der Waals surface area contributed by atoms with E-state index in [-0.39, 0.29) is 12.2 Å². The molecule has 0 aliphatic carbocycles. The molecule has 0 radical (unpaired) electrons. The molecule has 3 rings (SSSR count). The quantitative estimate of drug-likeness (QED) is 0.426. The van der Waals surface area contributed by atoms with Gasteiger partial charge in [0.05, 0.1) is 31.0 Å². The number of carbonyl (C=O) groups is 2. The van der Waals surface area contributed by atoms with Gasteiger partial charge < -0.3 is 19.3 Å². The lowest BCUT2D eigenvalue weighted by Gasteiger charge is -2.11. The number of hydrogen-bond acceptors (Lipinski definition) is 6. The van der Waals surface area contributed by atoms with Gasteiger partial charge in [-0.2, -0.15) is 0 Å². The maximum absolute atomic E-state index is 11.9. The molecule has 7 nitrogen and oxygen atoms in total. The Bertz CT molecular complexity index is 1120. The Balaban J connectivity index is 1.76. The Morgan fingerprint density at radius 2 is 1.77 bits per heavy atom. The van der Waals surface area contributed by atoms with E-state index in [0.29, 0.717) is 22.7 Å². The number of aromatic carboxylic acids is 1. The highest BCUT2D eigenvalue weighted by Crippen LogP contribution is 2.29. The summed E-state index contributed by atoms with van der Waals surface area (Å²) < 4.78 is 16.0. The van der Waals surface area contributed by atoms with Crippen LogP contribution in [0.15, 0.2) is 71.7 Å². The Morgan fingerprint density at radius 1 is 0.968 bits per heavy atom. The minimum Gasteiger partial charge on any atom is -0.493 e. The van der Waals surface area contributed by atoms with Crippen LogP contribution in [0.5, 0.6) is 11.5 Å². The summed E-state index contributed by atoms with van der Waals surface area (Å²) in [6.07, 6.45) is 1.62. The van der Waals surface area contributed by atoms with Crippen molar-refractivity contribution in [1.29, 1.82) is 0 Å². The summed E-state index contributed by atoms with van der Waals surface area (Å²) in [7, 11) is 2.85. The highest BCUT2D eigenvalue weighted by Gasteiger charge is 2.10. The number of carbonyl (C=O) groups excluding carboxylic acids is 1. The minimum atomic E-state index is -0.989. The monoisotopic (exact) mass is 419 g/mol. The first kappa shape index (κ1) is 21.6. The number of nitrogens with zero attached hydrogens (tertiary/aromatic N) is 1. The zero-order chi connectivity index (χ0) is 22.2. The maximum Gasteiger partial charge on any atom is 0.340 e. The molecule has 158 valence electrons. The molecule has 0 aliphatic rings. The highest BCUT2D eigenvalue weighted by molar-refractivity contribution is 5.96. The molecule has 0 aliphatic heterocycles. The van der Waals surface area contributed by atoms with E-state index in [9.17, 15) is 9.59 Å². The van der Waals surface area contributed by atoms with Gasteiger partial charge in [0.1, 0.15) is 6.61 Å². The molecule has 31 heavy (non-hydrogen) atoms. The Hall–Kier alpha value is -4.13. The number of ether oxygens (including phenoxy) is 3. The number of benzene rings is 3. The van der Waals surface area contributed by atoms with Crippen molar-refractivity contribution in [3.63, 3.8) is 0 Å². The first-order valence-corrected chi connectivity index (χ1v) is 9.36. The minimum absolute atomic E-state index is 0.192. The van der Waals surface area contributed by atoms with E-state index in [1.807, 2.05) is 0 Å². The largest absolute Gasteiger partial charge is 0.493 e. The van der Waals surface area contributed by atoms with Crippen molar-refractivity contribution < 1.29 is 28.9 Å². The lowest BCUT2D eigenvalue weighted by molar-refractivity contribution is 0.0600. The third kappa shape index (κ3) is 5.48. The predicted octanol–water partition coefficient (Wildman–Crippen LogP) is 4.51. The second kappa shape index (κ2) is 10.1. The number of aliphatic imine (C=N–C) groups is 1. The molecule has 0 atom stereocenters. The molecule has 0 heterocycles. The SMILES string of the molecule is COC(=O)c1ccccc1N=Cc1ccc(OCc2cccc(C(=O)O)c2)c(OC)c1. The van der Waals surface area contributed by atoms with Crippen molar-refractivity contribution in [3.05, 3.63) is 89.0 Å².